The maximum atomic E-state index is 13.8. The average molecular weight is 547 g/mol. The van der Waals surface area contributed by atoms with Crippen molar-refractivity contribution in [1.82, 2.24) is 0 Å². The number of nitrogens with zero attached hydrogens (tertiary/aromatic N) is 1. The number of carbonyl (C=O) groups is 2. The third-order valence-electron chi connectivity index (χ3n) is 8.36. The minimum Gasteiger partial charge on any atom is -0.459 e. The van der Waals surface area contributed by atoms with Crippen LogP contribution in [0, 0.1) is 17.8 Å². The maximum Gasteiger partial charge on any atom is 0.488 e. The summed E-state index contributed by atoms with van der Waals surface area (Å²) in [5.41, 5.74) is 3.70. The summed E-state index contributed by atoms with van der Waals surface area (Å²) in [4.78, 5) is 28.5. The molecule has 0 radical (unpaired) electrons. The van der Waals surface area contributed by atoms with Gasteiger partial charge in [-0.1, -0.05) is 36.6 Å². The second kappa shape index (κ2) is 11.9. The molecule has 2 aromatic rings. The molecule has 3 heterocycles. The Kier molecular flexibility index (Phi) is 8.49. The van der Waals surface area contributed by atoms with Crippen molar-refractivity contribution in [3.63, 3.8) is 0 Å². The Morgan fingerprint density at radius 2 is 1.95 bits per heavy atom. The van der Waals surface area contributed by atoms with Gasteiger partial charge in [0.15, 0.2) is 0 Å². The molecule has 0 unspecified atom stereocenters. The lowest BCUT2D eigenvalue weighted by Gasteiger charge is -2.42. The maximum absolute atomic E-state index is 13.8. The molecule has 1 aromatic heterocycles. The Balaban J connectivity index is 1.39. The van der Waals surface area contributed by atoms with E-state index in [1.165, 1.54) is 17.0 Å². The Bertz CT molecular complexity index is 1330. The smallest absolute Gasteiger partial charge is 0.459 e. The van der Waals surface area contributed by atoms with Gasteiger partial charge in [-0.2, -0.15) is 0 Å². The van der Waals surface area contributed by atoms with Crippen LogP contribution in [0.25, 0.3) is 6.08 Å². The van der Waals surface area contributed by atoms with E-state index >= 15 is 0 Å². The first kappa shape index (κ1) is 28.6. The van der Waals surface area contributed by atoms with E-state index in [0.29, 0.717) is 36.5 Å². The number of anilines is 1. The van der Waals surface area contributed by atoms with E-state index in [-0.39, 0.29) is 42.2 Å². The van der Waals surface area contributed by atoms with Crippen molar-refractivity contribution in [3.05, 3.63) is 64.6 Å². The molecule has 2 saturated heterocycles. The second-order valence-corrected chi connectivity index (χ2v) is 11.0. The second-order valence-electron chi connectivity index (χ2n) is 11.0. The van der Waals surface area contributed by atoms with Crippen molar-refractivity contribution in [2.45, 2.75) is 65.0 Å². The molecule has 1 aromatic carbocycles. The van der Waals surface area contributed by atoms with Crippen molar-refractivity contribution in [1.29, 1.82) is 0 Å². The van der Waals surface area contributed by atoms with Crippen LogP contribution in [0.2, 0.25) is 6.32 Å². The summed E-state index contributed by atoms with van der Waals surface area (Å²) in [7, 11) is -2.76. The minimum atomic E-state index is -1.71. The zero-order valence-electron chi connectivity index (χ0n) is 22.8. The van der Waals surface area contributed by atoms with Gasteiger partial charge in [0, 0.05) is 0 Å². The minimum absolute atomic E-state index is 0.158. The van der Waals surface area contributed by atoms with Crippen LogP contribution >= 0.6 is 0 Å². The number of hydrogen-bond donors (Lipinski definition) is 4. The molecule has 11 heteroatoms. The van der Waals surface area contributed by atoms with Crippen molar-refractivity contribution in [2.24, 2.45) is 17.8 Å². The van der Waals surface area contributed by atoms with Crippen LogP contribution in [0.5, 0.6) is 0 Å². The molecule has 9 nitrogen and oxygen atoms in total. The third kappa shape index (κ3) is 5.49. The summed E-state index contributed by atoms with van der Waals surface area (Å²) in [5.74, 6) is -0.915. The normalized spacial score (nSPS) is 25.0. The quantitative estimate of drug-likeness (QED) is 0.213. The number of benzene rings is 1. The zero-order valence-corrected chi connectivity index (χ0v) is 22.8. The molecule has 0 bridgehead atoms. The summed E-state index contributed by atoms with van der Waals surface area (Å²) in [5, 5.41) is 39.2. The lowest BCUT2D eigenvalue weighted by molar-refractivity contribution is -0.122. The third-order valence-corrected chi connectivity index (χ3v) is 8.36. The molecule has 2 fully saturated rings. The summed E-state index contributed by atoms with van der Waals surface area (Å²) in [6, 6.07) is 9.76. The first-order valence-corrected chi connectivity index (χ1v) is 14.0. The van der Waals surface area contributed by atoms with Gasteiger partial charge in [0.25, 0.3) is 0 Å². The Labute approximate surface area is 234 Å². The topological polar surface area (TPSA) is 141 Å². The van der Waals surface area contributed by atoms with Crippen molar-refractivity contribution < 1.29 is 38.8 Å². The number of aliphatic hydroxyl groups excluding tert-OH is 1. The van der Waals surface area contributed by atoms with Gasteiger partial charge < -0.3 is 29.3 Å². The van der Waals surface area contributed by atoms with Crippen LogP contribution in [0.4, 0.5) is 5.69 Å². The largest absolute Gasteiger partial charge is 0.488 e. The van der Waals surface area contributed by atoms with Crippen LogP contribution in [-0.4, -0.2) is 52.3 Å². The van der Waals surface area contributed by atoms with Crippen molar-refractivity contribution in [3.8, 4) is 0 Å². The highest BCUT2D eigenvalue weighted by atomic mass is 16.5. The number of furan rings is 1. The standard InChI is InChI=1S/C29H35B2NO8/c1-3-5-18(13-21-9-10-22(16-33)39-21)8-11-25-26-17(2)12-23-27(24(26)15-30(36)40-25)29(35)32(28(23)34)20-7-4-6-19(14-20)31(37)38/h4,6-7,9-10,13-14,23-25,27,33,36-38H,3,5,8,11-12,15-16H2,1-2H3/b18-13+/t23-,24+,25-,27-/m1/s1. The van der Waals surface area contributed by atoms with E-state index in [1.807, 2.05) is 19.1 Å². The molecular formula is C29H35B2NO8. The first-order chi connectivity index (χ1) is 19.2. The van der Waals surface area contributed by atoms with E-state index in [4.69, 9.17) is 9.07 Å². The number of allylic oxidation sites excluding steroid dienone is 2. The molecule has 40 heavy (non-hydrogen) atoms. The number of amides is 2. The highest BCUT2D eigenvalue weighted by Crippen LogP contribution is 2.51. The Morgan fingerprint density at radius 1 is 1.15 bits per heavy atom. The van der Waals surface area contributed by atoms with Gasteiger partial charge in [-0.3, -0.25) is 14.5 Å². The molecule has 210 valence electrons. The van der Waals surface area contributed by atoms with Crippen LogP contribution in [0.15, 0.2) is 57.5 Å². The van der Waals surface area contributed by atoms with Crippen LogP contribution in [0.1, 0.15) is 57.5 Å². The SMILES string of the molecule is CCC/C(=C\c1ccc(CO)o1)CC[C@H]1OB(O)C[C@H]2C1=C(C)C[C@H]1C(=O)N(c3cccc(B(O)O)c3)C(=O)[C@H]12. The molecule has 0 saturated carbocycles. The molecule has 1 aliphatic carbocycles. The number of imide groups is 1. The van der Waals surface area contributed by atoms with E-state index in [0.717, 1.165) is 29.6 Å². The molecule has 0 spiro atoms. The van der Waals surface area contributed by atoms with Gasteiger partial charge in [-0.25, -0.2) is 0 Å². The predicted molar refractivity (Wildman–Crippen MR) is 151 cm³/mol. The summed E-state index contributed by atoms with van der Waals surface area (Å²) in [6.07, 6.45) is 5.40. The van der Waals surface area contributed by atoms with Crippen LogP contribution < -0.4 is 10.4 Å². The number of rotatable bonds is 9. The van der Waals surface area contributed by atoms with Gasteiger partial charge in [0.05, 0.1) is 23.6 Å². The highest BCUT2D eigenvalue weighted by molar-refractivity contribution is 6.58. The van der Waals surface area contributed by atoms with Gasteiger partial charge >= 0.3 is 14.2 Å². The summed E-state index contributed by atoms with van der Waals surface area (Å²) in [6.45, 7) is 3.93. The molecule has 2 aliphatic heterocycles. The van der Waals surface area contributed by atoms with Gasteiger partial charge in [0.1, 0.15) is 18.1 Å². The number of fused-ring (bicyclic) bond motifs is 3. The Morgan fingerprint density at radius 3 is 2.65 bits per heavy atom. The van der Waals surface area contributed by atoms with E-state index in [2.05, 4.69) is 6.92 Å². The van der Waals surface area contributed by atoms with Crippen molar-refractivity contribution in [2.75, 3.05) is 4.90 Å². The monoisotopic (exact) mass is 547 g/mol. The lowest BCUT2D eigenvalue weighted by atomic mass is 9.58. The molecule has 3 aliphatic rings. The highest BCUT2D eigenvalue weighted by Gasteiger charge is 2.57. The van der Waals surface area contributed by atoms with E-state index in [1.54, 1.807) is 18.2 Å². The van der Waals surface area contributed by atoms with E-state index in [9.17, 15) is 29.8 Å². The fraction of sp³-hybridized carbons (Fsp3) is 0.448. The lowest BCUT2D eigenvalue weighted by Crippen LogP contribution is -2.46. The van der Waals surface area contributed by atoms with Crippen LogP contribution in [-0.2, 0) is 20.9 Å². The fourth-order valence-electron chi connectivity index (χ4n) is 6.66. The summed E-state index contributed by atoms with van der Waals surface area (Å²) < 4.78 is 11.7. The number of hydrogen-bond acceptors (Lipinski definition) is 8. The van der Waals surface area contributed by atoms with Crippen LogP contribution in [0.3, 0.4) is 0 Å². The average Bonchev–Trinajstić information content (AvgIpc) is 3.48. The molecule has 2 amide bonds. The number of carbonyl (C=O) groups excluding carboxylic acids is 2. The zero-order chi connectivity index (χ0) is 28.6. The Hall–Kier alpha value is -2.95. The molecule has 5 rings (SSSR count). The van der Waals surface area contributed by atoms with Crippen molar-refractivity contribution >= 4 is 43.3 Å². The van der Waals surface area contributed by atoms with E-state index < -0.39 is 26.1 Å². The molecular weight excluding hydrogens is 512 g/mol. The van der Waals surface area contributed by atoms with Gasteiger partial charge in [0.2, 0.25) is 11.8 Å². The first-order valence-electron chi connectivity index (χ1n) is 14.0. The summed E-state index contributed by atoms with van der Waals surface area (Å²) >= 11 is 0. The fourth-order valence-corrected chi connectivity index (χ4v) is 6.66. The molecule has 4 N–H and O–H groups in total. The predicted octanol–water partition coefficient (Wildman–Crippen LogP) is 2.44. The molecule has 4 atom stereocenters. The van der Waals surface area contributed by atoms with Gasteiger partial charge in [-0.15, -0.1) is 0 Å². The van der Waals surface area contributed by atoms with Gasteiger partial charge in [-0.05, 0) is 86.2 Å². The number of aliphatic hydroxyl groups is 1.